The summed E-state index contributed by atoms with van der Waals surface area (Å²) in [7, 11) is 0. The quantitative estimate of drug-likeness (QED) is 0.240. The van der Waals surface area contributed by atoms with Crippen molar-refractivity contribution < 1.29 is 19.4 Å². The van der Waals surface area contributed by atoms with Crippen LogP contribution in [0.2, 0.25) is 0 Å². The minimum Gasteiger partial charge on any atom is -0.392 e. The number of carbonyl (C=O) groups excluding carboxylic acids is 1. The zero-order valence-corrected chi connectivity index (χ0v) is 27.2. The van der Waals surface area contributed by atoms with E-state index in [1.54, 1.807) is 0 Å². The van der Waals surface area contributed by atoms with Crippen LogP contribution in [-0.2, 0) is 22.6 Å². The van der Waals surface area contributed by atoms with Gasteiger partial charge in [0, 0.05) is 44.2 Å². The number of carbonyl (C=O) groups is 1. The highest BCUT2D eigenvalue weighted by atomic mass is 16.7. The van der Waals surface area contributed by atoms with Gasteiger partial charge in [-0.25, -0.2) is 4.79 Å². The Morgan fingerprint density at radius 2 is 1.67 bits per heavy atom. The molecular weight excluding hydrogens is 562 g/mol. The van der Waals surface area contributed by atoms with E-state index >= 15 is 0 Å². The average molecular weight is 612 g/mol. The first-order valence-electron chi connectivity index (χ1n) is 16.6. The molecule has 7 nitrogen and oxygen atoms in total. The number of ether oxygens (including phenoxy) is 2. The topological polar surface area (TPSA) is 83.1 Å². The van der Waals surface area contributed by atoms with E-state index in [4.69, 9.17) is 9.47 Å². The molecule has 3 aromatic rings. The lowest BCUT2D eigenvalue weighted by Gasteiger charge is -2.41. The first-order valence-corrected chi connectivity index (χ1v) is 16.6. The van der Waals surface area contributed by atoms with Crippen molar-refractivity contribution in [1.82, 2.24) is 15.5 Å². The zero-order chi connectivity index (χ0) is 31.6. The summed E-state index contributed by atoms with van der Waals surface area (Å²) in [5, 5.41) is 15.3. The Kier molecular flexibility index (Phi) is 9.34. The standard InChI is InChI=1S/C38H49N3O4/c1-5-39-36(43)40-21-30-8-6-7-9-33(30)27-14-16-29(17-15-27)35-44-32(18-34(45-35)28-12-10-26(23-42)11-13-28)22-41-25-38(4)20-31(41)19-37(2,3)24-38/h6-17,31-32,34-35,42H,5,18-25H2,1-4H3,(H2,39,40,43)/t31?,32-,34+,35+,38?/m0/s1. The largest absolute Gasteiger partial charge is 0.392 e. The minimum atomic E-state index is -0.482. The highest BCUT2D eigenvalue weighted by molar-refractivity contribution is 5.74. The van der Waals surface area contributed by atoms with Crippen molar-refractivity contribution in [3.8, 4) is 11.1 Å². The molecule has 2 aliphatic heterocycles. The highest BCUT2D eigenvalue weighted by Gasteiger charge is 2.50. The van der Waals surface area contributed by atoms with E-state index in [1.165, 1.54) is 19.3 Å². The van der Waals surface area contributed by atoms with Crippen LogP contribution in [0.4, 0.5) is 4.79 Å². The third-order valence-electron chi connectivity index (χ3n) is 9.86. The molecule has 3 aromatic carbocycles. The molecular formula is C38H49N3O4. The third kappa shape index (κ3) is 7.44. The smallest absolute Gasteiger partial charge is 0.315 e. The molecule has 0 spiro atoms. The van der Waals surface area contributed by atoms with Crippen LogP contribution in [0.5, 0.6) is 0 Å². The molecule has 45 heavy (non-hydrogen) atoms. The summed E-state index contributed by atoms with van der Waals surface area (Å²) >= 11 is 0. The Bertz CT molecular complexity index is 1460. The Labute approximate surface area is 268 Å². The fraction of sp³-hybridized carbons (Fsp3) is 0.500. The Morgan fingerprint density at radius 3 is 2.40 bits per heavy atom. The summed E-state index contributed by atoms with van der Waals surface area (Å²) in [5.41, 5.74) is 6.98. The predicted octanol–water partition coefficient (Wildman–Crippen LogP) is 7.11. The van der Waals surface area contributed by atoms with Gasteiger partial charge in [-0.2, -0.15) is 0 Å². The number of rotatable bonds is 9. The zero-order valence-electron chi connectivity index (χ0n) is 27.2. The Balaban J connectivity index is 1.21. The van der Waals surface area contributed by atoms with E-state index in [0.29, 0.717) is 30.0 Å². The van der Waals surface area contributed by atoms with E-state index in [-0.39, 0.29) is 24.8 Å². The lowest BCUT2D eigenvalue weighted by atomic mass is 9.65. The van der Waals surface area contributed by atoms with Crippen molar-refractivity contribution in [1.29, 1.82) is 0 Å². The van der Waals surface area contributed by atoms with E-state index in [9.17, 15) is 9.90 Å². The second kappa shape index (κ2) is 13.2. The van der Waals surface area contributed by atoms with Crippen molar-refractivity contribution in [2.75, 3.05) is 19.6 Å². The summed E-state index contributed by atoms with van der Waals surface area (Å²) < 4.78 is 13.4. The van der Waals surface area contributed by atoms with Crippen LogP contribution < -0.4 is 10.6 Å². The fourth-order valence-corrected chi connectivity index (χ4v) is 8.26. The van der Waals surface area contributed by atoms with Gasteiger partial charge < -0.3 is 25.2 Å². The van der Waals surface area contributed by atoms with Gasteiger partial charge >= 0.3 is 6.03 Å². The van der Waals surface area contributed by atoms with Crippen molar-refractivity contribution in [3.63, 3.8) is 0 Å². The van der Waals surface area contributed by atoms with Crippen LogP contribution in [0.15, 0.2) is 72.8 Å². The molecule has 2 saturated heterocycles. The van der Waals surface area contributed by atoms with Crippen LogP contribution in [0.25, 0.3) is 11.1 Å². The van der Waals surface area contributed by atoms with Crippen LogP contribution in [0.1, 0.15) is 88.0 Å². The first-order chi connectivity index (χ1) is 21.6. The summed E-state index contributed by atoms with van der Waals surface area (Å²) in [6, 6.07) is 25.2. The molecule has 3 N–H and O–H groups in total. The number of hydrogen-bond donors (Lipinski definition) is 3. The van der Waals surface area contributed by atoms with Gasteiger partial charge in [-0.15, -0.1) is 0 Å². The number of nitrogens with one attached hydrogen (secondary N) is 2. The van der Waals surface area contributed by atoms with Crippen molar-refractivity contribution in [2.24, 2.45) is 10.8 Å². The van der Waals surface area contributed by atoms with E-state index in [1.807, 2.05) is 31.2 Å². The number of aliphatic hydroxyl groups excluding tert-OH is 1. The van der Waals surface area contributed by atoms with E-state index < -0.39 is 6.29 Å². The first kappa shape index (κ1) is 31.7. The summed E-state index contributed by atoms with van der Waals surface area (Å²) in [5.74, 6) is 0. The molecule has 2 unspecified atom stereocenters. The maximum Gasteiger partial charge on any atom is 0.315 e. The van der Waals surface area contributed by atoms with E-state index in [2.05, 4.69) is 84.8 Å². The molecule has 2 bridgehead atoms. The van der Waals surface area contributed by atoms with Gasteiger partial charge in [0.25, 0.3) is 0 Å². The van der Waals surface area contributed by atoms with Gasteiger partial charge in [-0.3, -0.25) is 4.90 Å². The highest BCUT2D eigenvalue weighted by Crippen LogP contribution is 2.53. The number of likely N-dealkylation sites (tertiary alicyclic amines) is 1. The minimum absolute atomic E-state index is 0.0309. The molecule has 1 saturated carbocycles. The summed E-state index contributed by atoms with van der Waals surface area (Å²) in [4.78, 5) is 14.7. The molecule has 3 fully saturated rings. The number of amides is 2. The van der Waals surface area contributed by atoms with Gasteiger partial charge in [0.1, 0.15) is 0 Å². The van der Waals surface area contributed by atoms with Crippen molar-refractivity contribution in [3.05, 3.63) is 95.1 Å². The second-order valence-corrected chi connectivity index (χ2v) is 14.5. The molecule has 2 heterocycles. The molecule has 2 amide bonds. The molecule has 3 aliphatic rings. The van der Waals surface area contributed by atoms with E-state index in [0.717, 1.165) is 52.9 Å². The van der Waals surface area contributed by atoms with Crippen LogP contribution in [-0.4, -0.2) is 47.8 Å². The Hall–Kier alpha value is -3.23. The molecule has 0 radical (unpaired) electrons. The fourth-order valence-electron chi connectivity index (χ4n) is 8.26. The van der Waals surface area contributed by atoms with Gasteiger partial charge in [0.15, 0.2) is 6.29 Å². The summed E-state index contributed by atoms with van der Waals surface area (Å²) in [6.07, 6.45) is 4.04. The molecule has 0 aromatic heterocycles. The molecule has 5 atom stereocenters. The van der Waals surface area contributed by atoms with Gasteiger partial charge in [-0.1, -0.05) is 93.6 Å². The number of benzene rings is 3. The van der Waals surface area contributed by atoms with Crippen molar-refractivity contribution >= 4 is 6.03 Å². The molecule has 7 heteroatoms. The number of hydrogen-bond acceptors (Lipinski definition) is 5. The van der Waals surface area contributed by atoms with Crippen LogP contribution >= 0.6 is 0 Å². The Morgan fingerprint density at radius 1 is 0.933 bits per heavy atom. The average Bonchev–Trinajstić information content (AvgIpc) is 3.27. The van der Waals surface area contributed by atoms with Gasteiger partial charge in [0.05, 0.1) is 18.8 Å². The third-order valence-corrected chi connectivity index (χ3v) is 9.86. The number of fused-ring (bicyclic) bond motifs is 2. The van der Waals surface area contributed by atoms with Crippen LogP contribution in [0.3, 0.4) is 0 Å². The normalized spacial score (nSPS) is 27.7. The molecule has 1 aliphatic carbocycles. The van der Waals surface area contributed by atoms with Gasteiger partial charge in [0.2, 0.25) is 0 Å². The maximum absolute atomic E-state index is 12.0. The lowest BCUT2D eigenvalue weighted by molar-refractivity contribution is -0.253. The lowest BCUT2D eigenvalue weighted by Crippen LogP contribution is -2.42. The maximum atomic E-state index is 12.0. The van der Waals surface area contributed by atoms with Crippen LogP contribution in [0, 0.1) is 10.8 Å². The number of aliphatic hydroxyl groups is 1. The van der Waals surface area contributed by atoms with Gasteiger partial charge in [-0.05, 0) is 64.8 Å². The monoisotopic (exact) mass is 611 g/mol. The predicted molar refractivity (Wildman–Crippen MR) is 177 cm³/mol. The SMILES string of the molecule is CCNC(=O)NCc1ccccc1-c1ccc([C@@H]2O[C@H](CN3CC4(C)CC3CC(C)(C)C4)C[C@H](c3ccc(CO)cc3)O2)cc1. The molecule has 6 rings (SSSR count). The number of nitrogens with zero attached hydrogens (tertiary/aromatic N) is 1. The number of urea groups is 1. The van der Waals surface area contributed by atoms with Crippen molar-refractivity contribution in [2.45, 2.75) is 91.1 Å². The molecule has 240 valence electrons. The summed E-state index contributed by atoms with van der Waals surface area (Å²) in [6.45, 7) is 12.3. The second-order valence-electron chi connectivity index (χ2n) is 14.5.